The molecule has 0 saturated heterocycles. The van der Waals surface area contributed by atoms with Crippen LogP contribution >= 0.6 is 0 Å². The van der Waals surface area contributed by atoms with E-state index in [1.54, 1.807) is 0 Å². The molecule has 12 aromatic rings. The maximum atomic E-state index is 13.3. The Morgan fingerprint density at radius 2 is 0.412 bits per heavy atom. The van der Waals surface area contributed by atoms with Crippen LogP contribution in [0.2, 0.25) is 0 Å². The van der Waals surface area contributed by atoms with E-state index in [1.165, 1.54) is 0 Å². The highest BCUT2D eigenvalue weighted by Gasteiger charge is 2.34. The summed E-state index contributed by atoms with van der Waals surface area (Å²) in [7, 11) is 0. The first-order valence-electron chi connectivity index (χ1n) is 48.8. The number of hydrogen-bond donors (Lipinski definition) is 4. The lowest BCUT2D eigenvalue weighted by atomic mass is 9.79. The van der Waals surface area contributed by atoms with Gasteiger partial charge in [0.05, 0.1) is 50.7 Å². The molecule has 4 N–H and O–H groups in total. The number of benzene rings is 10. The van der Waals surface area contributed by atoms with Gasteiger partial charge in [-0.15, -0.1) is 0 Å². The number of phenolic OH excluding ortho intramolecular Hbond substituents is 4. The van der Waals surface area contributed by atoms with Gasteiger partial charge < -0.3 is 39.4 Å². The van der Waals surface area contributed by atoms with Gasteiger partial charge in [0.1, 0.15) is 83.8 Å². The number of ether oxygens (including phenoxy) is 4. The molecule has 0 saturated carbocycles. The Morgan fingerprint density at radius 1 is 0.235 bits per heavy atom. The first kappa shape index (κ1) is 98.2. The van der Waals surface area contributed by atoms with Gasteiger partial charge in [-0.05, 0) is 200 Å². The number of aromatic hydroxyl groups is 4. The van der Waals surface area contributed by atoms with Crippen molar-refractivity contribution in [2.75, 3.05) is 52.6 Å². The molecule has 16 nitrogen and oxygen atoms in total. The van der Waals surface area contributed by atoms with E-state index in [0.717, 1.165) is 156 Å². The zero-order valence-electron chi connectivity index (χ0n) is 85.2. The lowest BCUT2D eigenvalue weighted by molar-refractivity contribution is 0.322. The number of rotatable bonds is 4. The highest BCUT2D eigenvalue weighted by molar-refractivity contribution is 5.85. The predicted molar refractivity (Wildman–Crippen MR) is 558 cm³/mol. The molecular formula is C120H144N8O8. The van der Waals surface area contributed by atoms with Crippen molar-refractivity contribution < 1.29 is 39.4 Å². The summed E-state index contributed by atoms with van der Waals surface area (Å²) in [6.07, 6.45) is 10.1. The van der Waals surface area contributed by atoms with Crippen LogP contribution in [0.25, 0.3) is 0 Å². The smallest absolute Gasteiger partial charge is 0.126 e. The van der Waals surface area contributed by atoms with Crippen molar-refractivity contribution in [3.05, 3.63) is 337 Å². The molecule has 2 aliphatic heterocycles. The summed E-state index contributed by atoms with van der Waals surface area (Å²) in [5.74, 6) is 3.64. The van der Waals surface area contributed by atoms with E-state index in [9.17, 15) is 20.4 Å². The third-order valence-electron chi connectivity index (χ3n) is 26.8. The molecule has 4 heterocycles. The molecule has 16 heteroatoms. The Morgan fingerprint density at radius 3 is 0.596 bits per heavy atom. The summed E-state index contributed by atoms with van der Waals surface area (Å²) >= 11 is 0. The van der Waals surface area contributed by atoms with Crippen LogP contribution in [0.3, 0.4) is 0 Å². The van der Waals surface area contributed by atoms with Crippen LogP contribution in [0.1, 0.15) is 334 Å². The van der Waals surface area contributed by atoms with Crippen molar-refractivity contribution >= 4 is 24.9 Å². The van der Waals surface area contributed by atoms with Crippen molar-refractivity contribution in [1.29, 1.82) is 0 Å². The molecule has 2 aliphatic carbocycles. The standard InChI is InChI=1S/C120H144N8O8/c1-113(2,3)93-51-77-43-85-59-97(117(13,14)15)61-87-45-79-53-94(114(4,5)6)54-80(106(79)130)46-88-62-98(118(16,17)18)60-86(44-78(52-93)105(77)129)110(88)134-40-36-122-70-102-68-104(128(126-102)74-76-33-29-26-30-34-76)72-124-38-42-136-112-90-48-82-56-95(115(7,8)9)55-81(107(82)131)47-89-63-99(119(19,20)21)65-91(49-83-57-96(116(10,11)12)58-84(108(83)132)50-92(112)66-100(64-90)120(22,23)24)111(89)135-41-37-123-71-103-67-101(69-121-35-39-133-109(85)87)125-127(103)73-75-31-27-25-28-32-75/h25-34,51-72,129-132H,35-50,73-74H2,1-24H3. The van der Waals surface area contributed by atoms with Crippen molar-refractivity contribution in [1.82, 2.24) is 19.6 Å². The normalized spacial score (nSPS) is 14.9. The molecule has 16 rings (SSSR count). The molecule has 712 valence electrons. The largest absolute Gasteiger partial charge is 0.507 e. The molecule has 4 aliphatic rings. The molecule has 0 fully saturated rings. The predicted octanol–water partition coefficient (Wildman–Crippen LogP) is 25.0. The van der Waals surface area contributed by atoms with Crippen molar-refractivity contribution in [3.63, 3.8) is 0 Å². The molecule has 0 atom stereocenters. The molecule has 0 unspecified atom stereocenters. The average molecular weight is 1830 g/mol. The van der Waals surface area contributed by atoms with Gasteiger partial charge >= 0.3 is 0 Å². The van der Waals surface area contributed by atoms with E-state index in [-0.39, 0.29) is 119 Å². The van der Waals surface area contributed by atoms with E-state index in [1.807, 2.05) is 82.8 Å². The van der Waals surface area contributed by atoms with Gasteiger partial charge in [0.2, 0.25) is 0 Å². The monoisotopic (exact) mass is 1830 g/mol. The quantitative estimate of drug-likeness (QED) is 0.131. The van der Waals surface area contributed by atoms with Crippen LogP contribution in [0.4, 0.5) is 0 Å². The lowest BCUT2D eigenvalue weighted by Crippen LogP contribution is -2.17. The molecule has 2 aromatic heterocycles. The summed E-state index contributed by atoms with van der Waals surface area (Å²) in [6.45, 7) is 56.5. The molecule has 0 radical (unpaired) electrons. The van der Waals surface area contributed by atoms with Crippen LogP contribution in [-0.2, 0) is 108 Å². The first-order chi connectivity index (χ1) is 64.0. The Balaban J connectivity index is 0.890. The van der Waals surface area contributed by atoms with E-state index < -0.39 is 0 Å². The first-order valence-corrected chi connectivity index (χ1v) is 48.8. The zero-order valence-corrected chi connectivity index (χ0v) is 85.2. The van der Waals surface area contributed by atoms with Gasteiger partial charge in [-0.1, -0.05) is 324 Å². The number of aromatic nitrogens is 4. The second kappa shape index (κ2) is 39.1. The minimum absolute atomic E-state index is 0.209. The number of hydrogen-bond acceptors (Lipinski definition) is 14. The number of phenols is 4. The maximum Gasteiger partial charge on any atom is 0.126 e. The molecule has 24 bridgehead atoms. The van der Waals surface area contributed by atoms with Crippen LogP contribution in [0.15, 0.2) is 190 Å². The Hall–Kier alpha value is -12.3. The van der Waals surface area contributed by atoms with Crippen molar-refractivity contribution in [3.8, 4) is 46.0 Å². The van der Waals surface area contributed by atoms with E-state index in [4.69, 9.17) is 49.1 Å². The minimum atomic E-state index is -0.315. The van der Waals surface area contributed by atoms with Gasteiger partial charge in [-0.2, -0.15) is 10.2 Å². The van der Waals surface area contributed by atoms with Gasteiger partial charge in [-0.25, -0.2) is 0 Å². The van der Waals surface area contributed by atoms with E-state index in [0.29, 0.717) is 98.8 Å². The average Bonchev–Trinajstić information content (AvgIpc) is 0.796. The molecule has 136 heavy (non-hydrogen) atoms. The summed E-state index contributed by atoms with van der Waals surface area (Å²) in [6, 6.07) is 60.2. The summed E-state index contributed by atoms with van der Waals surface area (Å²) in [5.41, 5.74) is 24.8. The lowest BCUT2D eigenvalue weighted by Gasteiger charge is -2.28. The molecule has 10 aromatic carbocycles. The Kier molecular flexibility index (Phi) is 28.2. The number of nitrogens with zero attached hydrogens (tertiary/aromatic N) is 8. The zero-order chi connectivity index (χ0) is 97.5. The van der Waals surface area contributed by atoms with Crippen molar-refractivity contribution in [2.45, 2.75) is 274 Å². The fourth-order valence-corrected chi connectivity index (χ4v) is 18.5. The maximum absolute atomic E-state index is 13.3. The Bertz CT molecular complexity index is 5950. The fourth-order valence-electron chi connectivity index (χ4n) is 18.5. The van der Waals surface area contributed by atoms with Crippen LogP contribution in [0, 0.1) is 0 Å². The third-order valence-corrected chi connectivity index (χ3v) is 26.8. The second-order valence-electron chi connectivity index (χ2n) is 46.3. The van der Waals surface area contributed by atoms with Crippen LogP contribution < -0.4 is 18.9 Å². The molecule has 0 amide bonds. The Labute approximate surface area is 808 Å². The minimum Gasteiger partial charge on any atom is -0.507 e. The van der Waals surface area contributed by atoms with E-state index in [2.05, 4.69) is 287 Å². The van der Waals surface area contributed by atoms with Crippen LogP contribution in [-0.4, -0.2) is 117 Å². The highest BCUT2D eigenvalue weighted by Crippen LogP contribution is 2.48. The van der Waals surface area contributed by atoms with E-state index >= 15 is 0 Å². The molecule has 0 spiro atoms. The van der Waals surface area contributed by atoms with Crippen LogP contribution in [0.5, 0.6) is 46.0 Å². The molecular weight excluding hydrogens is 1680 g/mol. The summed E-state index contributed by atoms with van der Waals surface area (Å²) in [4.78, 5) is 20.4. The summed E-state index contributed by atoms with van der Waals surface area (Å²) in [5, 5.41) is 63.6. The van der Waals surface area contributed by atoms with Gasteiger partial charge in [-0.3, -0.25) is 29.3 Å². The third kappa shape index (κ3) is 23.3. The number of aliphatic imine (C=N–C) groups is 4. The van der Waals surface area contributed by atoms with Gasteiger partial charge in [0, 0.05) is 76.2 Å². The fraction of sp³-hybridized carbons (Fsp3) is 0.417. The number of fused-ring (bicyclic) bond motifs is 14. The SMILES string of the molecule is CC(C)(C)c1cc2c(O)c(c1)Cc1cc(C(C)(C)C)cc3c1OCCN=Cc1cc(n(Cc4ccccc4)n1)C=NCCOc1c4cc(C(C)(C)C)cc1Cc1cc(C(C)(C)C)cc(c1O)Cc1cc(C(C)(C)C)cc(c1OCCN=Cc1cc(nn1Cc1ccccc1)C=NCCOc1c(cc(C(C)(C)C)cc1Cc1cc(C(C)(C)C)cc(c1O)C3)C2)Cc1cc(C(C)(C)C)cc(c1O)C4. The second-order valence-corrected chi connectivity index (χ2v) is 46.3. The van der Waals surface area contributed by atoms with Gasteiger partial charge in [0.25, 0.3) is 0 Å². The van der Waals surface area contributed by atoms with Gasteiger partial charge in [0.15, 0.2) is 0 Å². The van der Waals surface area contributed by atoms with Crippen molar-refractivity contribution in [2.24, 2.45) is 20.0 Å². The topological polar surface area (TPSA) is 203 Å². The highest BCUT2D eigenvalue weighted by atomic mass is 16.5. The summed E-state index contributed by atoms with van der Waals surface area (Å²) < 4.78 is 33.0.